The lowest BCUT2D eigenvalue weighted by Crippen LogP contribution is -2.42. The van der Waals surface area contributed by atoms with E-state index in [0.717, 1.165) is 18.2 Å². The number of nitrogens with one attached hydrogen (secondary N) is 2. The van der Waals surface area contributed by atoms with Crippen LogP contribution in [0.3, 0.4) is 0 Å². The molecule has 0 heterocycles. The van der Waals surface area contributed by atoms with Crippen molar-refractivity contribution in [3.05, 3.63) is 0 Å². The summed E-state index contributed by atoms with van der Waals surface area (Å²) in [4.78, 5) is 32.6. The molecule has 0 saturated carbocycles. The second kappa shape index (κ2) is 7.98. The predicted octanol–water partition coefficient (Wildman–Crippen LogP) is 0.428. The molecule has 92 valence electrons. The van der Waals surface area contributed by atoms with E-state index in [1.165, 1.54) is 6.92 Å². The average Bonchev–Trinajstić information content (AvgIpc) is 2.20. The summed E-state index contributed by atoms with van der Waals surface area (Å²) in [6, 6.07) is -1.03. The van der Waals surface area contributed by atoms with Gasteiger partial charge in [-0.25, -0.2) is 4.79 Å². The molecular weight excluding hydrogens is 232 g/mol. The molecule has 6 nitrogen and oxygen atoms in total. The Morgan fingerprint density at radius 3 is 2.44 bits per heavy atom. The van der Waals surface area contributed by atoms with E-state index in [0.29, 0.717) is 6.54 Å². The summed E-state index contributed by atoms with van der Waals surface area (Å²) in [6.45, 7) is 3.71. The molecule has 0 saturated heterocycles. The molecule has 0 fully saturated rings. The van der Waals surface area contributed by atoms with Crippen molar-refractivity contribution in [2.75, 3.05) is 12.3 Å². The van der Waals surface area contributed by atoms with Crippen molar-refractivity contribution < 1.29 is 19.5 Å². The van der Waals surface area contributed by atoms with Gasteiger partial charge in [0, 0.05) is 19.2 Å². The molecule has 0 aliphatic heterocycles. The van der Waals surface area contributed by atoms with Crippen LogP contribution in [0.2, 0.25) is 0 Å². The van der Waals surface area contributed by atoms with Gasteiger partial charge >= 0.3 is 5.97 Å². The number of carbonyl (C=O) groups excluding carboxylic acids is 2. The zero-order chi connectivity index (χ0) is 12.6. The number of amides is 2. The fraction of sp³-hybridized carbons (Fsp3) is 0.667. The van der Waals surface area contributed by atoms with Gasteiger partial charge in [0.05, 0.1) is 0 Å². The Bertz CT molecular complexity index is 270. The molecule has 0 aliphatic rings. The van der Waals surface area contributed by atoms with Crippen molar-refractivity contribution in [2.24, 2.45) is 0 Å². The zero-order valence-corrected chi connectivity index (χ0v) is 10.1. The summed E-state index contributed by atoms with van der Waals surface area (Å²) in [5, 5.41) is 13.3. The highest BCUT2D eigenvalue weighted by molar-refractivity contribution is 8.13. The number of hydrogen-bond donors (Lipinski definition) is 3. The lowest BCUT2D eigenvalue weighted by Gasteiger charge is -2.12. The molecular formula is C9H16N2O4S. The standard InChI is InChI=1S/C9H16N2O4S/c1-3-4-10-9(15)16-5-7(8(13)14)11-6(2)12/h7H,3-5H2,1-2H3,(H,10,15)(H,11,12)(H,13,14)/t7-/m0/s1. The predicted molar refractivity (Wildman–Crippen MR) is 61.4 cm³/mol. The quantitative estimate of drug-likeness (QED) is 0.633. The molecule has 0 aromatic carbocycles. The largest absolute Gasteiger partial charge is 0.480 e. The first-order valence-electron chi connectivity index (χ1n) is 4.88. The SMILES string of the molecule is CCCNC(=O)SC[C@H](NC(C)=O)C(=O)O. The summed E-state index contributed by atoms with van der Waals surface area (Å²) in [5.41, 5.74) is 0. The highest BCUT2D eigenvalue weighted by atomic mass is 32.2. The van der Waals surface area contributed by atoms with E-state index >= 15 is 0 Å². The van der Waals surface area contributed by atoms with Crippen LogP contribution in [0, 0.1) is 0 Å². The summed E-state index contributed by atoms with van der Waals surface area (Å²) >= 11 is 0.849. The van der Waals surface area contributed by atoms with Crippen LogP contribution >= 0.6 is 11.8 Å². The third-order valence-electron chi connectivity index (χ3n) is 1.58. The molecule has 2 amide bonds. The normalized spacial score (nSPS) is 11.6. The molecule has 16 heavy (non-hydrogen) atoms. The van der Waals surface area contributed by atoms with Crippen LogP contribution in [-0.4, -0.2) is 40.6 Å². The third-order valence-corrected chi connectivity index (χ3v) is 2.48. The van der Waals surface area contributed by atoms with Gasteiger partial charge in [0.1, 0.15) is 6.04 Å². The monoisotopic (exact) mass is 248 g/mol. The van der Waals surface area contributed by atoms with Gasteiger partial charge in [-0.1, -0.05) is 18.7 Å². The summed E-state index contributed by atoms with van der Waals surface area (Å²) in [6.07, 6.45) is 0.820. The van der Waals surface area contributed by atoms with Crippen LogP contribution in [0.15, 0.2) is 0 Å². The third kappa shape index (κ3) is 7.10. The van der Waals surface area contributed by atoms with Crippen molar-refractivity contribution in [3.63, 3.8) is 0 Å². The maximum absolute atomic E-state index is 11.2. The van der Waals surface area contributed by atoms with Gasteiger partial charge in [0.25, 0.3) is 5.24 Å². The van der Waals surface area contributed by atoms with E-state index in [-0.39, 0.29) is 11.0 Å². The van der Waals surface area contributed by atoms with E-state index in [9.17, 15) is 14.4 Å². The minimum Gasteiger partial charge on any atom is -0.480 e. The van der Waals surface area contributed by atoms with Crippen LogP contribution in [0.25, 0.3) is 0 Å². The Hall–Kier alpha value is -1.24. The second-order valence-electron chi connectivity index (χ2n) is 3.12. The smallest absolute Gasteiger partial charge is 0.327 e. The van der Waals surface area contributed by atoms with Gasteiger partial charge in [-0.3, -0.25) is 9.59 Å². The van der Waals surface area contributed by atoms with Crippen LogP contribution in [0.4, 0.5) is 4.79 Å². The van der Waals surface area contributed by atoms with Gasteiger partial charge in [-0.2, -0.15) is 0 Å². The molecule has 0 bridgehead atoms. The summed E-state index contributed by atoms with van der Waals surface area (Å²) in [5.74, 6) is -1.56. The first-order valence-corrected chi connectivity index (χ1v) is 5.86. The Labute approximate surface area is 98.2 Å². The molecule has 3 N–H and O–H groups in total. The van der Waals surface area contributed by atoms with Crippen LogP contribution in [0.1, 0.15) is 20.3 Å². The van der Waals surface area contributed by atoms with Gasteiger partial charge in [-0.05, 0) is 6.42 Å². The lowest BCUT2D eigenvalue weighted by molar-refractivity contribution is -0.140. The molecule has 0 aromatic heterocycles. The molecule has 0 aliphatic carbocycles. The van der Waals surface area contributed by atoms with E-state index in [4.69, 9.17) is 5.11 Å². The molecule has 1 atom stereocenters. The second-order valence-corrected chi connectivity index (χ2v) is 4.11. The van der Waals surface area contributed by atoms with Gasteiger partial charge in [0.15, 0.2) is 0 Å². The van der Waals surface area contributed by atoms with Gasteiger partial charge < -0.3 is 15.7 Å². The minimum absolute atomic E-state index is 0.0183. The molecule has 0 rings (SSSR count). The number of hydrogen-bond acceptors (Lipinski definition) is 4. The van der Waals surface area contributed by atoms with Gasteiger partial charge in [0.2, 0.25) is 5.91 Å². The Kier molecular flexibility index (Phi) is 7.36. The Balaban J connectivity index is 3.97. The molecule has 0 spiro atoms. The van der Waals surface area contributed by atoms with E-state index in [1.807, 2.05) is 6.92 Å². The average molecular weight is 248 g/mol. The summed E-state index contributed by atoms with van der Waals surface area (Å²) < 4.78 is 0. The fourth-order valence-corrected chi connectivity index (χ4v) is 1.61. The topological polar surface area (TPSA) is 95.5 Å². The zero-order valence-electron chi connectivity index (χ0n) is 9.28. The molecule has 0 aromatic rings. The highest BCUT2D eigenvalue weighted by Gasteiger charge is 2.19. The van der Waals surface area contributed by atoms with Crippen LogP contribution < -0.4 is 10.6 Å². The Morgan fingerprint density at radius 2 is 2.00 bits per heavy atom. The van der Waals surface area contributed by atoms with E-state index < -0.39 is 17.9 Å². The van der Waals surface area contributed by atoms with Gasteiger partial charge in [-0.15, -0.1) is 0 Å². The highest BCUT2D eigenvalue weighted by Crippen LogP contribution is 2.04. The molecule has 0 unspecified atom stereocenters. The maximum Gasteiger partial charge on any atom is 0.327 e. The maximum atomic E-state index is 11.2. The number of carboxylic acids is 1. The molecule has 7 heteroatoms. The minimum atomic E-state index is -1.15. The number of carbonyl (C=O) groups is 3. The van der Waals surface area contributed by atoms with Crippen LogP contribution in [-0.2, 0) is 9.59 Å². The fourth-order valence-electron chi connectivity index (χ4n) is 0.857. The van der Waals surface area contributed by atoms with E-state index in [2.05, 4.69) is 10.6 Å². The number of thioether (sulfide) groups is 1. The van der Waals surface area contributed by atoms with Crippen molar-refractivity contribution in [1.29, 1.82) is 0 Å². The van der Waals surface area contributed by atoms with Crippen LogP contribution in [0.5, 0.6) is 0 Å². The Morgan fingerprint density at radius 1 is 1.38 bits per heavy atom. The number of aliphatic carboxylic acids is 1. The van der Waals surface area contributed by atoms with Crippen molar-refractivity contribution >= 4 is 28.9 Å². The molecule has 0 radical (unpaired) electrons. The first-order chi connectivity index (χ1) is 7.47. The summed E-state index contributed by atoms with van der Waals surface area (Å²) in [7, 11) is 0. The van der Waals surface area contributed by atoms with Crippen molar-refractivity contribution in [1.82, 2.24) is 10.6 Å². The lowest BCUT2D eigenvalue weighted by atomic mass is 10.3. The number of carboxylic acid groups (broad SMARTS) is 1. The van der Waals surface area contributed by atoms with Crippen molar-refractivity contribution in [3.8, 4) is 0 Å². The first kappa shape index (κ1) is 14.8. The van der Waals surface area contributed by atoms with Crippen molar-refractivity contribution in [2.45, 2.75) is 26.3 Å². The number of rotatable bonds is 6. The van der Waals surface area contributed by atoms with E-state index in [1.54, 1.807) is 0 Å².